The van der Waals surface area contributed by atoms with Crippen LogP contribution in [0, 0.1) is 10.1 Å². The first-order valence-corrected chi connectivity index (χ1v) is 11.2. The van der Waals surface area contributed by atoms with Crippen LogP contribution in [0.3, 0.4) is 0 Å². The SMILES string of the molecule is CCC[C@H](c1nnnn1CCc1ccccc1)N1CCN(c2ccc([N+](=O)[O-])cc2)CC1. The van der Waals surface area contributed by atoms with Crippen molar-refractivity contribution in [2.24, 2.45) is 0 Å². The van der Waals surface area contributed by atoms with Gasteiger partial charge in [0.25, 0.3) is 5.69 Å². The Bertz CT molecular complexity index is 999. The highest BCUT2D eigenvalue weighted by molar-refractivity contribution is 5.51. The molecular formula is C23H29N7O2. The maximum absolute atomic E-state index is 10.9. The van der Waals surface area contributed by atoms with E-state index in [2.05, 4.69) is 56.5 Å². The molecule has 9 heteroatoms. The monoisotopic (exact) mass is 435 g/mol. The number of non-ortho nitro benzene ring substituents is 1. The van der Waals surface area contributed by atoms with E-state index in [9.17, 15) is 10.1 Å². The fourth-order valence-corrected chi connectivity index (χ4v) is 4.31. The summed E-state index contributed by atoms with van der Waals surface area (Å²) in [7, 11) is 0. The average Bonchev–Trinajstić information content (AvgIpc) is 3.30. The number of nitro benzene ring substituents is 1. The summed E-state index contributed by atoms with van der Waals surface area (Å²) in [5.41, 5.74) is 2.42. The smallest absolute Gasteiger partial charge is 0.269 e. The Hall–Kier alpha value is -3.33. The molecular weight excluding hydrogens is 406 g/mol. The van der Waals surface area contributed by atoms with Crippen LogP contribution in [-0.4, -0.2) is 56.2 Å². The number of tetrazole rings is 1. The molecule has 1 fully saturated rings. The standard InChI is InChI=1S/C23H29N7O2/c1-2-6-22(23-24-25-26-29(23)14-13-19-7-4-3-5-8-19)28-17-15-27(16-18-28)20-9-11-21(12-10-20)30(31)32/h3-5,7-12,22H,2,6,13-18H2,1H3/t22-/m1/s1. The highest BCUT2D eigenvalue weighted by atomic mass is 16.6. The van der Waals surface area contributed by atoms with Crippen LogP contribution in [0.15, 0.2) is 54.6 Å². The van der Waals surface area contributed by atoms with Crippen LogP contribution >= 0.6 is 0 Å². The fourth-order valence-electron chi connectivity index (χ4n) is 4.31. The maximum Gasteiger partial charge on any atom is 0.269 e. The van der Waals surface area contributed by atoms with Crippen molar-refractivity contribution in [2.45, 2.75) is 38.8 Å². The maximum atomic E-state index is 10.9. The lowest BCUT2D eigenvalue weighted by Gasteiger charge is -2.39. The summed E-state index contributed by atoms with van der Waals surface area (Å²) in [6.07, 6.45) is 2.95. The zero-order valence-electron chi connectivity index (χ0n) is 18.4. The molecule has 0 bridgehead atoms. The Morgan fingerprint density at radius 2 is 1.75 bits per heavy atom. The van der Waals surface area contributed by atoms with Gasteiger partial charge in [-0.25, -0.2) is 4.68 Å². The van der Waals surface area contributed by atoms with Gasteiger partial charge < -0.3 is 4.90 Å². The van der Waals surface area contributed by atoms with Crippen LogP contribution in [0.4, 0.5) is 11.4 Å². The van der Waals surface area contributed by atoms with E-state index in [0.29, 0.717) is 0 Å². The summed E-state index contributed by atoms with van der Waals surface area (Å²) < 4.78 is 1.95. The van der Waals surface area contributed by atoms with Gasteiger partial charge in [0.1, 0.15) is 0 Å². The number of aryl methyl sites for hydroxylation is 2. The Morgan fingerprint density at radius 1 is 1.03 bits per heavy atom. The molecule has 1 aromatic heterocycles. The molecule has 0 spiro atoms. The van der Waals surface area contributed by atoms with Crippen LogP contribution in [0.25, 0.3) is 0 Å². The Morgan fingerprint density at radius 3 is 2.41 bits per heavy atom. The van der Waals surface area contributed by atoms with Crippen molar-refractivity contribution in [1.29, 1.82) is 0 Å². The second-order valence-electron chi connectivity index (χ2n) is 8.10. The molecule has 1 atom stereocenters. The molecule has 0 radical (unpaired) electrons. The van der Waals surface area contributed by atoms with Crippen molar-refractivity contribution in [3.05, 3.63) is 76.1 Å². The molecule has 32 heavy (non-hydrogen) atoms. The number of hydrogen-bond donors (Lipinski definition) is 0. The van der Waals surface area contributed by atoms with Crippen LogP contribution in [0.1, 0.15) is 37.2 Å². The van der Waals surface area contributed by atoms with Crippen LogP contribution in [0.5, 0.6) is 0 Å². The Labute approximate surface area is 187 Å². The summed E-state index contributed by atoms with van der Waals surface area (Å²) >= 11 is 0. The lowest BCUT2D eigenvalue weighted by molar-refractivity contribution is -0.384. The zero-order chi connectivity index (χ0) is 22.3. The van der Waals surface area contributed by atoms with Gasteiger partial charge in [-0.3, -0.25) is 15.0 Å². The second-order valence-corrected chi connectivity index (χ2v) is 8.10. The zero-order valence-corrected chi connectivity index (χ0v) is 18.4. The second kappa shape index (κ2) is 10.3. The summed E-state index contributed by atoms with van der Waals surface area (Å²) in [5.74, 6) is 0.937. The predicted molar refractivity (Wildman–Crippen MR) is 122 cm³/mol. The number of benzene rings is 2. The lowest BCUT2D eigenvalue weighted by atomic mass is 10.1. The summed E-state index contributed by atoms with van der Waals surface area (Å²) in [5, 5.41) is 23.6. The number of nitrogens with zero attached hydrogens (tertiary/aromatic N) is 7. The molecule has 1 saturated heterocycles. The third-order valence-electron chi connectivity index (χ3n) is 6.06. The number of rotatable bonds is 9. The molecule has 0 aliphatic carbocycles. The minimum atomic E-state index is -0.362. The first kappa shape index (κ1) is 21.9. The molecule has 0 N–H and O–H groups in total. The highest BCUT2D eigenvalue weighted by Gasteiger charge is 2.28. The van der Waals surface area contributed by atoms with Gasteiger partial charge in [0.15, 0.2) is 5.82 Å². The van der Waals surface area contributed by atoms with Gasteiger partial charge in [-0.05, 0) is 41.0 Å². The number of aromatic nitrogens is 4. The topological polar surface area (TPSA) is 93.2 Å². The number of nitro groups is 1. The molecule has 0 amide bonds. The van der Waals surface area contributed by atoms with Gasteiger partial charge in [0, 0.05) is 50.5 Å². The van der Waals surface area contributed by atoms with Gasteiger partial charge in [0.05, 0.1) is 11.0 Å². The lowest BCUT2D eigenvalue weighted by Crippen LogP contribution is -2.48. The molecule has 1 aliphatic heterocycles. The van der Waals surface area contributed by atoms with Gasteiger partial charge in [-0.2, -0.15) is 0 Å². The first-order valence-electron chi connectivity index (χ1n) is 11.2. The number of piperazine rings is 1. The van der Waals surface area contributed by atoms with Crippen molar-refractivity contribution in [2.75, 3.05) is 31.1 Å². The van der Waals surface area contributed by atoms with Gasteiger partial charge in [0.2, 0.25) is 0 Å². The van der Waals surface area contributed by atoms with Crippen LogP contribution in [0.2, 0.25) is 0 Å². The van der Waals surface area contributed by atoms with Crippen LogP contribution in [-0.2, 0) is 13.0 Å². The number of anilines is 1. The van der Waals surface area contributed by atoms with Crippen molar-refractivity contribution < 1.29 is 4.92 Å². The molecule has 1 aliphatic rings. The van der Waals surface area contributed by atoms with Crippen molar-refractivity contribution in [1.82, 2.24) is 25.1 Å². The molecule has 2 aromatic carbocycles. The molecule has 0 unspecified atom stereocenters. The first-order chi connectivity index (χ1) is 15.7. The van der Waals surface area contributed by atoms with E-state index in [1.54, 1.807) is 12.1 Å². The van der Waals surface area contributed by atoms with Crippen LogP contribution < -0.4 is 4.90 Å². The minimum absolute atomic E-state index is 0.123. The molecule has 3 aromatic rings. The van der Waals surface area contributed by atoms with Crippen molar-refractivity contribution >= 4 is 11.4 Å². The van der Waals surface area contributed by atoms with Gasteiger partial charge in [-0.1, -0.05) is 43.7 Å². The molecule has 9 nitrogen and oxygen atoms in total. The van der Waals surface area contributed by atoms with Gasteiger partial charge >= 0.3 is 0 Å². The molecule has 0 saturated carbocycles. The highest BCUT2D eigenvalue weighted by Crippen LogP contribution is 2.27. The predicted octanol–water partition coefficient (Wildman–Crippen LogP) is 3.49. The van der Waals surface area contributed by atoms with E-state index in [4.69, 9.17) is 0 Å². The van der Waals surface area contributed by atoms with Crippen molar-refractivity contribution in [3.8, 4) is 0 Å². The van der Waals surface area contributed by atoms with E-state index < -0.39 is 0 Å². The quantitative estimate of drug-likeness (QED) is 0.375. The molecule has 168 valence electrons. The largest absolute Gasteiger partial charge is 0.369 e. The van der Waals surface area contributed by atoms with E-state index in [0.717, 1.165) is 63.5 Å². The normalized spacial score (nSPS) is 15.6. The van der Waals surface area contributed by atoms with E-state index in [1.807, 2.05) is 22.9 Å². The number of hydrogen-bond acceptors (Lipinski definition) is 7. The third kappa shape index (κ3) is 5.11. The van der Waals surface area contributed by atoms with E-state index in [1.165, 1.54) is 5.56 Å². The Kier molecular flexibility index (Phi) is 7.06. The fraction of sp³-hybridized carbons (Fsp3) is 0.435. The van der Waals surface area contributed by atoms with E-state index >= 15 is 0 Å². The molecule has 4 rings (SSSR count). The van der Waals surface area contributed by atoms with Crippen molar-refractivity contribution in [3.63, 3.8) is 0 Å². The minimum Gasteiger partial charge on any atom is -0.369 e. The van der Waals surface area contributed by atoms with E-state index in [-0.39, 0.29) is 16.7 Å². The Balaban J connectivity index is 1.41. The van der Waals surface area contributed by atoms with Gasteiger partial charge in [-0.15, -0.1) is 5.10 Å². The molecule has 2 heterocycles. The summed E-state index contributed by atoms with van der Waals surface area (Å²) in [6.45, 7) is 6.47. The summed E-state index contributed by atoms with van der Waals surface area (Å²) in [4.78, 5) is 15.3. The average molecular weight is 436 g/mol. The summed E-state index contributed by atoms with van der Waals surface area (Å²) in [6, 6.07) is 17.4. The third-order valence-corrected chi connectivity index (χ3v) is 6.06.